The normalized spacial score (nSPS) is 28.3. The number of benzene rings is 2. The molecule has 0 saturated carbocycles. The Balaban J connectivity index is 1.80. The summed E-state index contributed by atoms with van der Waals surface area (Å²) in [6, 6.07) is 22.1. The zero-order valence-corrected chi connectivity index (χ0v) is 24.9. The smallest absolute Gasteiger partial charge is 0.261 e. The van der Waals surface area contributed by atoms with E-state index in [0.717, 1.165) is 32.1 Å². The predicted molar refractivity (Wildman–Crippen MR) is 160 cm³/mol. The molecule has 0 spiro atoms. The molecule has 0 amide bonds. The molecule has 2 aromatic carbocycles. The van der Waals surface area contributed by atoms with Crippen LogP contribution in [0.2, 0.25) is 5.04 Å². The maximum atomic E-state index is 10.9. The van der Waals surface area contributed by atoms with Gasteiger partial charge in [0.2, 0.25) is 0 Å². The van der Waals surface area contributed by atoms with Crippen LogP contribution in [-0.4, -0.2) is 25.6 Å². The number of hydrogen-bond acceptors (Lipinski definition) is 2. The molecule has 0 unspecified atom stereocenters. The highest BCUT2D eigenvalue weighted by molar-refractivity contribution is 6.99. The maximum absolute atomic E-state index is 10.9. The first-order valence-corrected chi connectivity index (χ1v) is 16.3. The SMILES string of the molecule is CC1=CC[C@H](C(C)C)[C@H]2C[C@H](O)C/C=C\C[C@@H](O[Si](c3ccccc3)(c3ccccc3)C(C)(C)C)C[C@@H]12. The highest BCUT2D eigenvalue weighted by atomic mass is 28.4. The Hall–Kier alpha value is -1.94. The second-order valence-electron chi connectivity index (χ2n) is 12.8. The Morgan fingerprint density at radius 2 is 1.41 bits per heavy atom. The molecule has 2 aromatic rings. The molecule has 3 heteroatoms. The first-order chi connectivity index (χ1) is 17.6. The Bertz CT molecular complexity index is 1010. The maximum Gasteiger partial charge on any atom is 0.261 e. The monoisotopic (exact) mass is 516 g/mol. The number of aliphatic hydroxyl groups excluding tert-OH is 1. The number of aliphatic hydroxyl groups is 1. The molecule has 0 aliphatic heterocycles. The molecule has 2 aliphatic carbocycles. The summed E-state index contributed by atoms with van der Waals surface area (Å²) in [4.78, 5) is 0. The van der Waals surface area contributed by atoms with Gasteiger partial charge in [0.15, 0.2) is 0 Å². The number of allylic oxidation sites excluding steroid dienone is 2. The highest BCUT2D eigenvalue weighted by Crippen LogP contribution is 2.46. The van der Waals surface area contributed by atoms with Crippen molar-refractivity contribution >= 4 is 18.7 Å². The standard InChI is InChI=1S/C34H48O2Si/c1-25(2)31-22-21-26(3)32-24-28(16-14-13-15-27(35)23-33(31)32)36-37(34(4,5)6,29-17-9-7-10-18-29)30-19-11-8-12-20-30/h7-14,17-21,25,27-28,31-33,35H,15-16,22-24H2,1-6H3/b14-13-/t27-,28-,31-,32+,33-/m1/s1. The van der Waals surface area contributed by atoms with Gasteiger partial charge in [-0.15, -0.1) is 0 Å². The van der Waals surface area contributed by atoms with Gasteiger partial charge in [-0.3, -0.25) is 0 Å². The Labute approximate surface area is 227 Å². The molecule has 37 heavy (non-hydrogen) atoms. The third-order valence-corrected chi connectivity index (χ3v) is 14.1. The lowest BCUT2D eigenvalue weighted by molar-refractivity contribution is 0.0619. The van der Waals surface area contributed by atoms with E-state index in [4.69, 9.17) is 4.43 Å². The van der Waals surface area contributed by atoms with E-state index in [2.05, 4.69) is 120 Å². The van der Waals surface area contributed by atoms with Crippen LogP contribution in [0, 0.1) is 23.7 Å². The summed E-state index contributed by atoms with van der Waals surface area (Å²) >= 11 is 0. The molecule has 0 fully saturated rings. The summed E-state index contributed by atoms with van der Waals surface area (Å²) in [5.41, 5.74) is 1.50. The highest BCUT2D eigenvalue weighted by Gasteiger charge is 2.52. The molecule has 2 aliphatic rings. The summed E-state index contributed by atoms with van der Waals surface area (Å²) in [7, 11) is -2.64. The van der Waals surface area contributed by atoms with Gasteiger partial charge >= 0.3 is 0 Å². The lowest BCUT2D eigenvalue weighted by Gasteiger charge is -2.47. The van der Waals surface area contributed by atoms with Crippen molar-refractivity contribution in [2.45, 2.75) is 90.9 Å². The van der Waals surface area contributed by atoms with Crippen molar-refractivity contribution in [1.29, 1.82) is 0 Å². The summed E-state index contributed by atoms with van der Waals surface area (Å²) < 4.78 is 7.67. The van der Waals surface area contributed by atoms with Gasteiger partial charge < -0.3 is 9.53 Å². The minimum absolute atomic E-state index is 0.0394. The van der Waals surface area contributed by atoms with Crippen molar-refractivity contribution in [3.05, 3.63) is 84.5 Å². The fourth-order valence-electron chi connectivity index (χ4n) is 7.08. The van der Waals surface area contributed by atoms with Crippen LogP contribution in [0.25, 0.3) is 0 Å². The lowest BCUT2D eigenvalue weighted by Crippen LogP contribution is -2.67. The second kappa shape index (κ2) is 11.8. The van der Waals surface area contributed by atoms with E-state index in [-0.39, 0.29) is 17.2 Å². The van der Waals surface area contributed by atoms with Crippen LogP contribution in [0.5, 0.6) is 0 Å². The van der Waals surface area contributed by atoms with E-state index in [1.807, 2.05) is 0 Å². The summed E-state index contributed by atoms with van der Waals surface area (Å²) in [6.07, 6.45) is 11.5. The third kappa shape index (κ3) is 6.05. The van der Waals surface area contributed by atoms with Gasteiger partial charge in [0, 0.05) is 6.10 Å². The van der Waals surface area contributed by atoms with E-state index in [0.29, 0.717) is 23.7 Å². The van der Waals surface area contributed by atoms with Crippen molar-refractivity contribution in [1.82, 2.24) is 0 Å². The van der Waals surface area contributed by atoms with Gasteiger partial charge in [-0.05, 0) is 78.1 Å². The van der Waals surface area contributed by atoms with Crippen LogP contribution in [0.1, 0.15) is 73.6 Å². The zero-order valence-electron chi connectivity index (χ0n) is 23.9. The van der Waals surface area contributed by atoms with Crippen molar-refractivity contribution in [3.8, 4) is 0 Å². The molecule has 4 rings (SSSR count). The van der Waals surface area contributed by atoms with Gasteiger partial charge in [-0.25, -0.2) is 0 Å². The molecule has 5 atom stereocenters. The van der Waals surface area contributed by atoms with Crippen LogP contribution in [0.15, 0.2) is 84.5 Å². The van der Waals surface area contributed by atoms with Crippen LogP contribution < -0.4 is 10.4 Å². The number of hydrogen-bond donors (Lipinski definition) is 1. The molecule has 0 heterocycles. The van der Waals surface area contributed by atoms with Crippen molar-refractivity contribution in [2.75, 3.05) is 0 Å². The van der Waals surface area contributed by atoms with Crippen LogP contribution in [-0.2, 0) is 4.43 Å². The molecule has 0 radical (unpaired) electrons. The number of fused-ring (bicyclic) bond motifs is 1. The van der Waals surface area contributed by atoms with Gasteiger partial charge in [0.05, 0.1) is 6.10 Å². The third-order valence-electron chi connectivity index (χ3n) is 9.02. The van der Waals surface area contributed by atoms with Gasteiger partial charge in [0.25, 0.3) is 8.32 Å². The van der Waals surface area contributed by atoms with E-state index in [1.165, 1.54) is 15.9 Å². The minimum Gasteiger partial charge on any atom is -0.404 e. The predicted octanol–water partition coefficient (Wildman–Crippen LogP) is 7.28. The van der Waals surface area contributed by atoms with Crippen molar-refractivity contribution in [3.63, 3.8) is 0 Å². The molecule has 1 N–H and O–H groups in total. The van der Waals surface area contributed by atoms with E-state index in [9.17, 15) is 5.11 Å². The van der Waals surface area contributed by atoms with Gasteiger partial charge in [-0.2, -0.15) is 0 Å². The summed E-state index contributed by atoms with van der Waals surface area (Å²) in [5.74, 6) is 2.17. The summed E-state index contributed by atoms with van der Waals surface area (Å²) in [5, 5.41) is 13.6. The van der Waals surface area contributed by atoms with Crippen LogP contribution in [0.3, 0.4) is 0 Å². The Morgan fingerprint density at radius 1 is 0.838 bits per heavy atom. The first-order valence-electron chi connectivity index (χ1n) is 14.4. The largest absolute Gasteiger partial charge is 0.404 e. The van der Waals surface area contributed by atoms with Crippen LogP contribution in [0.4, 0.5) is 0 Å². The lowest BCUT2D eigenvalue weighted by atomic mass is 9.64. The fourth-order valence-corrected chi connectivity index (χ4v) is 11.8. The molecule has 0 bridgehead atoms. The van der Waals surface area contributed by atoms with Gasteiger partial charge in [0.1, 0.15) is 0 Å². The molecule has 0 saturated heterocycles. The van der Waals surface area contributed by atoms with Gasteiger partial charge in [-0.1, -0.05) is 119 Å². The molecule has 2 nitrogen and oxygen atoms in total. The molecule has 0 aromatic heterocycles. The quantitative estimate of drug-likeness (QED) is 0.334. The topological polar surface area (TPSA) is 29.5 Å². The average molecular weight is 517 g/mol. The van der Waals surface area contributed by atoms with E-state index >= 15 is 0 Å². The Morgan fingerprint density at radius 3 is 1.95 bits per heavy atom. The average Bonchev–Trinajstić information content (AvgIpc) is 2.86. The Kier molecular flexibility index (Phi) is 8.99. The second-order valence-corrected chi connectivity index (χ2v) is 17.1. The van der Waals surface area contributed by atoms with Crippen molar-refractivity contribution < 1.29 is 9.53 Å². The fraction of sp³-hybridized carbons (Fsp3) is 0.529. The van der Waals surface area contributed by atoms with Crippen molar-refractivity contribution in [2.24, 2.45) is 23.7 Å². The summed E-state index contributed by atoms with van der Waals surface area (Å²) in [6.45, 7) is 14.1. The number of rotatable bonds is 5. The molecular weight excluding hydrogens is 468 g/mol. The van der Waals surface area contributed by atoms with Crippen LogP contribution >= 0.6 is 0 Å². The minimum atomic E-state index is -2.64. The van der Waals surface area contributed by atoms with E-state index in [1.54, 1.807) is 0 Å². The zero-order chi connectivity index (χ0) is 26.6. The molecular formula is C34H48O2Si. The first kappa shape index (κ1) is 28.1. The molecule has 200 valence electrons. The van der Waals surface area contributed by atoms with E-state index < -0.39 is 8.32 Å².